The number of anilines is 4. The number of nitrogens with zero attached hydrogens (tertiary/aromatic N) is 3. The summed E-state index contributed by atoms with van der Waals surface area (Å²) in [6.07, 6.45) is 2.37. The first-order chi connectivity index (χ1) is 14.3. The maximum Gasteiger partial charge on any atom is 0.225 e. The highest BCUT2D eigenvalue weighted by Crippen LogP contribution is 2.28. The van der Waals surface area contributed by atoms with Crippen LogP contribution < -0.4 is 15.5 Å². The number of rotatable bonds is 6. The maximum atomic E-state index is 5.44. The van der Waals surface area contributed by atoms with Gasteiger partial charge in [0.2, 0.25) is 5.95 Å². The van der Waals surface area contributed by atoms with E-state index in [1.165, 1.54) is 18.5 Å². The Labute approximate surface area is 171 Å². The van der Waals surface area contributed by atoms with E-state index in [4.69, 9.17) is 9.72 Å². The van der Waals surface area contributed by atoms with Crippen LogP contribution in [0.4, 0.5) is 23.1 Å². The molecule has 1 aliphatic heterocycles. The molecule has 0 bridgehead atoms. The Morgan fingerprint density at radius 3 is 2.38 bits per heavy atom. The molecule has 0 amide bonds. The predicted octanol–water partition coefficient (Wildman–Crippen LogP) is 4.30. The van der Waals surface area contributed by atoms with Gasteiger partial charge in [0.05, 0.1) is 18.9 Å². The lowest BCUT2D eigenvalue weighted by Crippen LogP contribution is -2.36. The first kappa shape index (κ1) is 17.9. The highest BCUT2D eigenvalue weighted by Gasteiger charge is 2.22. The van der Waals surface area contributed by atoms with Gasteiger partial charge in [-0.3, -0.25) is 0 Å². The second-order valence-electron chi connectivity index (χ2n) is 7.52. The fourth-order valence-electron chi connectivity index (χ4n) is 3.47. The van der Waals surface area contributed by atoms with E-state index in [1.54, 1.807) is 0 Å². The Balaban J connectivity index is 1.38. The Bertz CT molecular complexity index is 951. The molecule has 0 unspecified atom stereocenters. The van der Waals surface area contributed by atoms with Crippen molar-refractivity contribution < 1.29 is 4.74 Å². The van der Waals surface area contributed by atoms with Gasteiger partial charge in [0.1, 0.15) is 5.82 Å². The van der Waals surface area contributed by atoms with Crippen LogP contribution in [0.25, 0.3) is 11.3 Å². The van der Waals surface area contributed by atoms with Gasteiger partial charge in [-0.05, 0) is 37.1 Å². The van der Waals surface area contributed by atoms with Crippen molar-refractivity contribution in [2.75, 3.05) is 41.8 Å². The Morgan fingerprint density at radius 1 is 0.897 bits per heavy atom. The van der Waals surface area contributed by atoms with Gasteiger partial charge in [0, 0.05) is 42.1 Å². The molecule has 6 heteroatoms. The summed E-state index contributed by atoms with van der Waals surface area (Å²) in [5, 5.41) is 6.87. The molecule has 0 atom stereocenters. The van der Waals surface area contributed by atoms with Gasteiger partial charge in [-0.25, -0.2) is 4.98 Å². The fourth-order valence-corrected chi connectivity index (χ4v) is 3.47. The van der Waals surface area contributed by atoms with E-state index < -0.39 is 0 Å². The van der Waals surface area contributed by atoms with Crippen LogP contribution in [0, 0.1) is 0 Å². The first-order valence-electron chi connectivity index (χ1n) is 10.2. The van der Waals surface area contributed by atoms with E-state index in [0.717, 1.165) is 49.1 Å². The Morgan fingerprint density at radius 2 is 1.66 bits per heavy atom. The summed E-state index contributed by atoms with van der Waals surface area (Å²) < 4.78 is 5.44. The van der Waals surface area contributed by atoms with Gasteiger partial charge in [-0.2, -0.15) is 4.98 Å². The third kappa shape index (κ3) is 4.49. The van der Waals surface area contributed by atoms with Crippen LogP contribution in [-0.4, -0.2) is 42.3 Å². The molecule has 1 saturated heterocycles. The van der Waals surface area contributed by atoms with E-state index in [2.05, 4.69) is 56.9 Å². The van der Waals surface area contributed by atoms with Gasteiger partial charge >= 0.3 is 0 Å². The number of benzene rings is 2. The van der Waals surface area contributed by atoms with Crippen LogP contribution in [0.2, 0.25) is 0 Å². The van der Waals surface area contributed by atoms with Crippen LogP contribution in [0.1, 0.15) is 12.8 Å². The van der Waals surface area contributed by atoms with Gasteiger partial charge in [0.25, 0.3) is 0 Å². The Kier molecular flexibility index (Phi) is 5.01. The number of hydrogen-bond donors (Lipinski definition) is 2. The van der Waals surface area contributed by atoms with Crippen LogP contribution >= 0.6 is 0 Å². The first-order valence-corrected chi connectivity index (χ1v) is 10.2. The third-order valence-corrected chi connectivity index (χ3v) is 5.22. The molecular weight excluding hydrogens is 362 g/mol. The lowest BCUT2D eigenvalue weighted by atomic mass is 10.1. The summed E-state index contributed by atoms with van der Waals surface area (Å²) in [6.45, 7) is 3.46. The molecule has 2 N–H and O–H groups in total. The average molecular weight is 387 g/mol. The van der Waals surface area contributed by atoms with E-state index in [0.29, 0.717) is 12.0 Å². The number of hydrogen-bond acceptors (Lipinski definition) is 6. The minimum atomic E-state index is 0.502. The molecule has 2 fully saturated rings. The molecule has 3 aromatic rings. The standard InChI is InChI=1S/C23H25N5O/c1-2-4-17(5-3-1)21-16-22(27-23(26-21)25-19-6-7-19)24-18-8-10-20(11-9-18)28-12-14-29-15-13-28/h1-5,8-11,16,19H,6-7,12-15H2,(H2,24,25,26,27). The van der Waals surface area contributed by atoms with Crippen molar-refractivity contribution in [3.05, 3.63) is 60.7 Å². The van der Waals surface area contributed by atoms with E-state index in [9.17, 15) is 0 Å². The lowest BCUT2D eigenvalue weighted by Gasteiger charge is -2.28. The average Bonchev–Trinajstić information content (AvgIpc) is 3.59. The molecule has 0 radical (unpaired) electrons. The summed E-state index contributed by atoms with van der Waals surface area (Å²) in [6, 6.07) is 21.2. The van der Waals surface area contributed by atoms with Crippen molar-refractivity contribution in [3.63, 3.8) is 0 Å². The van der Waals surface area contributed by atoms with Crippen molar-refractivity contribution >= 4 is 23.1 Å². The SMILES string of the molecule is c1ccc(-c2cc(Nc3ccc(N4CCOCC4)cc3)nc(NC3CC3)n2)cc1. The summed E-state index contributed by atoms with van der Waals surface area (Å²) >= 11 is 0. The molecule has 2 aliphatic rings. The second kappa shape index (κ2) is 8.09. The second-order valence-corrected chi connectivity index (χ2v) is 7.52. The molecule has 6 nitrogen and oxygen atoms in total. The lowest BCUT2D eigenvalue weighted by molar-refractivity contribution is 0.122. The fraction of sp³-hybridized carbons (Fsp3) is 0.304. The van der Waals surface area contributed by atoms with Crippen molar-refractivity contribution in [2.24, 2.45) is 0 Å². The minimum Gasteiger partial charge on any atom is -0.378 e. The summed E-state index contributed by atoms with van der Waals surface area (Å²) in [5.74, 6) is 1.47. The van der Waals surface area contributed by atoms with Crippen molar-refractivity contribution in [2.45, 2.75) is 18.9 Å². The minimum absolute atomic E-state index is 0.502. The molecule has 2 heterocycles. The van der Waals surface area contributed by atoms with Crippen LogP contribution in [0.15, 0.2) is 60.7 Å². The summed E-state index contributed by atoms with van der Waals surface area (Å²) in [5.41, 5.74) is 4.23. The van der Waals surface area contributed by atoms with Crippen LogP contribution in [0.5, 0.6) is 0 Å². The van der Waals surface area contributed by atoms with Crippen molar-refractivity contribution in [1.29, 1.82) is 0 Å². The molecule has 2 aromatic carbocycles. The van der Waals surface area contributed by atoms with Crippen LogP contribution in [-0.2, 0) is 4.74 Å². The van der Waals surface area contributed by atoms with E-state index >= 15 is 0 Å². The van der Waals surface area contributed by atoms with E-state index in [1.807, 2.05) is 24.3 Å². The maximum absolute atomic E-state index is 5.44. The Hall–Kier alpha value is -3.12. The van der Waals surface area contributed by atoms with Crippen LogP contribution in [0.3, 0.4) is 0 Å². The van der Waals surface area contributed by atoms with Gasteiger partial charge in [-0.1, -0.05) is 30.3 Å². The largest absolute Gasteiger partial charge is 0.378 e. The van der Waals surface area contributed by atoms with E-state index in [-0.39, 0.29) is 0 Å². The zero-order valence-electron chi connectivity index (χ0n) is 16.3. The number of aromatic nitrogens is 2. The zero-order chi connectivity index (χ0) is 19.5. The summed E-state index contributed by atoms with van der Waals surface area (Å²) in [7, 11) is 0. The van der Waals surface area contributed by atoms with Gasteiger partial charge in [-0.15, -0.1) is 0 Å². The normalized spacial score (nSPS) is 16.5. The predicted molar refractivity (Wildman–Crippen MR) is 117 cm³/mol. The van der Waals surface area contributed by atoms with Crippen molar-refractivity contribution in [3.8, 4) is 11.3 Å². The molecule has 5 rings (SSSR count). The number of nitrogens with one attached hydrogen (secondary N) is 2. The highest BCUT2D eigenvalue weighted by molar-refractivity contribution is 5.68. The highest BCUT2D eigenvalue weighted by atomic mass is 16.5. The monoisotopic (exact) mass is 387 g/mol. The molecule has 0 spiro atoms. The molecule has 29 heavy (non-hydrogen) atoms. The molecule has 1 saturated carbocycles. The third-order valence-electron chi connectivity index (χ3n) is 5.22. The topological polar surface area (TPSA) is 62.3 Å². The molecule has 148 valence electrons. The molecular formula is C23H25N5O. The molecule has 1 aromatic heterocycles. The van der Waals surface area contributed by atoms with Crippen molar-refractivity contribution in [1.82, 2.24) is 9.97 Å². The van der Waals surface area contributed by atoms with Gasteiger partial charge in [0.15, 0.2) is 0 Å². The smallest absolute Gasteiger partial charge is 0.225 e. The summed E-state index contributed by atoms with van der Waals surface area (Å²) in [4.78, 5) is 11.8. The zero-order valence-corrected chi connectivity index (χ0v) is 16.3. The quantitative estimate of drug-likeness (QED) is 0.658. The number of morpholine rings is 1. The molecule has 1 aliphatic carbocycles. The number of ether oxygens (including phenoxy) is 1. The van der Waals surface area contributed by atoms with Gasteiger partial charge < -0.3 is 20.3 Å².